The van der Waals surface area contributed by atoms with Gasteiger partial charge in [0.25, 0.3) is 0 Å². The lowest BCUT2D eigenvalue weighted by atomic mass is 10.3. The van der Waals surface area contributed by atoms with E-state index in [1.807, 2.05) is 13.8 Å². The predicted octanol–water partition coefficient (Wildman–Crippen LogP) is 2.23. The van der Waals surface area contributed by atoms with Crippen molar-refractivity contribution in [2.75, 3.05) is 12.4 Å². The Morgan fingerprint density at radius 1 is 1.26 bits per heavy atom. The highest BCUT2D eigenvalue weighted by Gasteiger charge is 2.23. The number of anilines is 2. The first-order valence-electron chi connectivity index (χ1n) is 6.67. The standard InChI is InChI=1S/C13H16ClN5O3S/c1-9(2)19(3)22-23(20,21)11-7-5-4-6-10(11)17-13-16-8-15-12(14)18-13/h4-9H,1-3H3,(H,15,16,17,18). The van der Waals surface area contributed by atoms with E-state index in [0.29, 0.717) is 0 Å². The fourth-order valence-electron chi connectivity index (χ4n) is 1.53. The Hall–Kier alpha value is -1.81. The van der Waals surface area contributed by atoms with Crippen molar-refractivity contribution in [3.8, 4) is 0 Å². The molecular formula is C13H16ClN5O3S. The Kier molecular flexibility index (Phi) is 5.47. The third kappa shape index (κ3) is 4.58. The summed E-state index contributed by atoms with van der Waals surface area (Å²) in [5.74, 6) is 0.130. The van der Waals surface area contributed by atoms with Gasteiger partial charge in [-0.15, -0.1) is 0 Å². The highest BCUT2D eigenvalue weighted by molar-refractivity contribution is 7.86. The molecule has 8 nitrogen and oxygen atoms in total. The lowest BCUT2D eigenvalue weighted by Crippen LogP contribution is -2.29. The minimum atomic E-state index is -4.01. The summed E-state index contributed by atoms with van der Waals surface area (Å²) in [6, 6.07) is 6.16. The van der Waals surface area contributed by atoms with Gasteiger partial charge < -0.3 is 5.32 Å². The number of rotatable bonds is 6. The zero-order chi connectivity index (χ0) is 17.0. The molecule has 1 aromatic heterocycles. The molecule has 0 aliphatic rings. The van der Waals surface area contributed by atoms with Crippen LogP contribution >= 0.6 is 11.6 Å². The van der Waals surface area contributed by atoms with E-state index < -0.39 is 10.1 Å². The first-order chi connectivity index (χ1) is 10.8. The molecular weight excluding hydrogens is 342 g/mol. The molecule has 124 valence electrons. The molecule has 0 spiro atoms. The van der Waals surface area contributed by atoms with Crippen LogP contribution < -0.4 is 5.32 Å². The first kappa shape index (κ1) is 17.5. The van der Waals surface area contributed by atoms with Crippen molar-refractivity contribution in [2.24, 2.45) is 0 Å². The molecule has 0 saturated heterocycles. The van der Waals surface area contributed by atoms with Crippen LogP contribution in [0.25, 0.3) is 0 Å². The van der Waals surface area contributed by atoms with Crippen LogP contribution in [0, 0.1) is 0 Å². The Morgan fingerprint density at radius 2 is 1.96 bits per heavy atom. The van der Waals surface area contributed by atoms with Gasteiger partial charge in [0.1, 0.15) is 11.2 Å². The Labute approximate surface area is 139 Å². The van der Waals surface area contributed by atoms with Gasteiger partial charge in [0.15, 0.2) is 0 Å². The molecule has 1 N–H and O–H groups in total. The van der Waals surface area contributed by atoms with Crippen LogP contribution in [-0.4, -0.2) is 41.5 Å². The van der Waals surface area contributed by atoms with Gasteiger partial charge in [-0.25, -0.2) is 9.97 Å². The molecule has 0 radical (unpaired) electrons. The number of halogens is 1. The number of hydrogen-bond acceptors (Lipinski definition) is 8. The van der Waals surface area contributed by atoms with E-state index in [2.05, 4.69) is 20.3 Å². The third-order valence-electron chi connectivity index (χ3n) is 2.89. The molecule has 1 heterocycles. The second-order valence-corrected chi connectivity index (χ2v) is 6.70. The van der Waals surface area contributed by atoms with E-state index in [1.165, 1.54) is 17.5 Å². The molecule has 0 aliphatic carbocycles. The fourth-order valence-corrected chi connectivity index (χ4v) is 2.85. The summed E-state index contributed by atoms with van der Waals surface area (Å²) in [6.45, 7) is 3.62. The van der Waals surface area contributed by atoms with E-state index in [1.54, 1.807) is 25.2 Å². The quantitative estimate of drug-likeness (QED) is 0.786. The number of hydrogen-bond donors (Lipinski definition) is 1. The third-order valence-corrected chi connectivity index (χ3v) is 4.40. The maximum atomic E-state index is 12.4. The summed E-state index contributed by atoms with van der Waals surface area (Å²) in [6.07, 6.45) is 1.22. The number of benzene rings is 1. The van der Waals surface area contributed by atoms with E-state index in [9.17, 15) is 8.42 Å². The number of para-hydroxylation sites is 1. The molecule has 0 atom stereocenters. The van der Waals surface area contributed by atoms with Gasteiger partial charge in [-0.2, -0.15) is 22.7 Å². The van der Waals surface area contributed by atoms with Crippen LogP contribution in [0.3, 0.4) is 0 Å². The summed E-state index contributed by atoms with van der Waals surface area (Å²) in [5.41, 5.74) is 0.270. The van der Waals surface area contributed by atoms with Crippen LogP contribution in [0.15, 0.2) is 35.5 Å². The largest absolute Gasteiger partial charge is 0.323 e. The molecule has 0 saturated carbocycles. The number of aromatic nitrogens is 3. The minimum Gasteiger partial charge on any atom is -0.323 e. The topological polar surface area (TPSA) is 97.3 Å². The van der Waals surface area contributed by atoms with Gasteiger partial charge in [0.05, 0.1) is 5.69 Å². The second-order valence-electron chi connectivity index (χ2n) is 4.87. The number of hydroxylamine groups is 2. The van der Waals surface area contributed by atoms with Crippen LogP contribution in [0.4, 0.5) is 11.6 Å². The van der Waals surface area contributed by atoms with E-state index in [0.717, 1.165) is 0 Å². The van der Waals surface area contributed by atoms with Crippen molar-refractivity contribution >= 4 is 33.4 Å². The number of nitrogens with one attached hydrogen (secondary N) is 1. The van der Waals surface area contributed by atoms with Crippen molar-refractivity contribution in [1.82, 2.24) is 20.0 Å². The highest BCUT2D eigenvalue weighted by atomic mass is 35.5. The van der Waals surface area contributed by atoms with Crippen LogP contribution in [0.5, 0.6) is 0 Å². The molecule has 0 amide bonds. The van der Waals surface area contributed by atoms with Crippen LogP contribution in [0.2, 0.25) is 5.28 Å². The minimum absolute atomic E-state index is 0.00127. The molecule has 1 aromatic carbocycles. The van der Waals surface area contributed by atoms with Crippen LogP contribution in [-0.2, 0) is 14.4 Å². The molecule has 0 aliphatic heterocycles. The zero-order valence-electron chi connectivity index (χ0n) is 12.8. The van der Waals surface area contributed by atoms with Gasteiger partial charge in [-0.05, 0) is 37.6 Å². The summed E-state index contributed by atoms with van der Waals surface area (Å²) in [7, 11) is -2.46. The molecule has 23 heavy (non-hydrogen) atoms. The zero-order valence-corrected chi connectivity index (χ0v) is 14.3. The smallest absolute Gasteiger partial charge is 0.315 e. The summed E-state index contributed by atoms with van der Waals surface area (Å²) in [4.78, 5) is 11.4. The van der Waals surface area contributed by atoms with E-state index in [4.69, 9.17) is 15.9 Å². The van der Waals surface area contributed by atoms with Gasteiger partial charge in [-0.1, -0.05) is 12.1 Å². The Morgan fingerprint density at radius 3 is 2.61 bits per heavy atom. The average Bonchev–Trinajstić information content (AvgIpc) is 2.47. The van der Waals surface area contributed by atoms with Gasteiger partial charge in [-0.3, -0.25) is 0 Å². The molecule has 10 heteroatoms. The van der Waals surface area contributed by atoms with Crippen molar-refractivity contribution in [2.45, 2.75) is 24.8 Å². The first-order valence-corrected chi connectivity index (χ1v) is 8.46. The maximum Gasteiger partial charge on any atom is 0.315 e. The lowest BCUT2D eigenvalue weighted by molar-refractivity contribution is -0.0521. The van der Waals surface area contributed by atoms with E-state index >= 15 is 0 Å². The van der Waals surface area contributed by atoms with Crippen molar-refractivity contribution in [3.63, 3.8) is 0 Å². The van der Waals surface area contributed by atoms with Gasteiger partial charge in [0, 0.05) is 13.1 Å². The SMILES string of the molecule is CC(C)N(C)OS(=O)(=O)c1ccccc1Nc1ncnc(Cl)n1. The predicted molar refractivity (Wildman–Crippen MR) is 85.7 cm³/mol. The van der Waals surface area contributed by atoms with Crippen molar-refractivity contribution in [1.29, 1.82) is 0 Å². The monoisotopic (exact) mass is 357 g/mol. The summed E-state index contributed by atoms with van der Waals surface area (Å²) in [5, 5.41) is 4.05. The molecule has 0 bridgehead atoms. The molecule has 0 unspecified atom stereocenters. The maximum absolute atomic E-state index is 12.4. The highest BCUT2D eigenvalue weighted by Crippen LogP contribution is 2.25. The average molecular weight is 358 g/mol. The van der Waals surface area contributed by atoms with Crippen molar-refractivity contribution < 1.29 is 12.7 Å². The van der Waals surface area contributed by atoms with Crippen LogP contribution in [0.1, 0.15) is 13.8 Å². The summed E-state index contributed by atoms with van der Waals surface area (Å²) < 4.78 is 30.0. The van der Waals surface area contributed by atoms with Gasteiger partial charge in [0.2, 0.25) is 11.2 Å². The van der Waals surface area contributed by atoms with Gasteiger partial charge >= 0.3 is 10.1 Å². The second kappa shape index (κ2) is 7.18. The van der Waals surface area contributed by atoms with E-state index in [-0.39, 0.29) is 27.9 Å². The normalized spacial score (nSPS) is 11.9. The molecule has 2 aromatic rings. The lowest BCUT2D eigenvalue weighted by Gasteiger charge is -2.20. The van der Waals surface area contributed by atoms with Crippen molar-refractivity contribution in [3.05, 3.63) is 35.9 Å². The Balaban J connectivity index is 2.33. The molecule has 0 fully saturated rings. The fraction of sp³-hybridized carbons (Fsp3) is 0.308. The molecule has 2 rings (SSSR count). The number of nitrogens with zero attached hydrogens (tertiary/aromatic N) is 4. The Bertz CT molecular complexity index is 785. The summed E-state index contributed by atoms with van der Waals surface area (Å²) >= 11 is 5.69.